The molecule has 0 amide bonds. The highest BCUT2D eigenvalue weighted by Crippen LogP contribution is 2.16. The van der Waals surface area contributed by atoms with Gasteiger partial charge in [0.25, 0.3) is 5.56 Å². The van der Waals surface area contributed by atoms with Crippen LogP contribution in [0.2, 0.25) is 0 Å². The average Bonchev–Trinajstić information content (AvgIpc) is 2.45. The van der Waals surface area contributed by atoms with Crippen molar-refractivity contribution >= 4 is 11.5 Å². The van der Waals surface area contributed by atoms with E-state index in [1.807, 2.05) is 13.8 Å². The van der Waals surface area contributed by atoms with E-state index in [4.69, 9.17) is 5.73 Å². The van der Waals surface area contributed by atoms with Crippen LogP contribution in [0.15, 0.2) is 9.59 Å². The van der Waals surface area contributed by atoms with Gasteiger partial charge >= 0.3 is 5.69 Å². The summed E-state index contributed by atoms with van der Waals surface area (Å²) in [5.41, 5.74) is 5.65. The molecule has 6 nitrogen and oxygen atoms in total. The summed E-state index contributed by atoms with van der Waals surface area (Å²) in [6.07, 6.45) is 2.82. The van der Waals surface area contributed by atoms with Crippen LogP contribution in [-0.4, -0.2) is 15.2 Å². The number of anilines is 2. The molecule has 0 fully saturated rings. The van der Waals surface area contributed by atoms with Gasteiger partial charge < -0.3 is 11.1 Å². The molecule has 2 unspecified atom stereocenters. The molecule has 3 N–H and O–H groups in total. The molecule has 0 radical (unpaired) electrons. The number of nitrogens with two attached hydrogens (primary N) is 1. The van der Waals surface area contributed by atoms with Crippen molar-refractivity contribution in [3.8, 4) is 0 Å². The van der Waals surface area contributed by atoms with E-state index in [-0.39, 0.29) is 23.1 Å². The predicted molar refractivity (Wildman–Crippen MR) is 87.8 cm³/mol. The smallest absolute Gasteiger partial charge is 0.332 e. The van der Waals surface area contributed by atoms with E-state index in [0.29, 0.717) is 18.2 Å². The Morgan fingerprint density at radius 1 is 1.24 bits per heavy atom. The van der Waals surface area contributed by atoms with Gasteiger partial charge in [-0.05, 0) is 25.7 Å². The molecule has 0 saturated heterocycles. The van der Waals surface area contributed by atoms with Crippen molar-refractivity contribution in [3.63, 3.8) is 0 Å². The minimum Gasteiger partial charge on any atom is -0.383 e. The van der Waals surface area contributed by atoms with E-state index in [1.54, 1.807) is 0 Å². The number of hydrogen-bond donors (Lipinski definition) is 2. The highest BCUT2D eigenvalue weighted by atomic mass is 16.2. The van der Waals surface area contributed by atoms with Gasteiger partial charge in [-0.2, -0.15) is 0 Å². The van der Waals surface area contributed by atoms with Crippen LogP contribution in [0.4, 0.5) is 11.5 Å². The molecule has 1 heterocycles. The first-order valence-electron chi connectivity index (χ1n) is 7.69. The van der Waals surface area contributed by atoms with Gasteiger partial charge in [0.1, 0.15) is 11.5 Å². The van der Waals surface area contributed by atoms with Gasteiger partial charge in [-0.15, -0.1) is 0 Å². The number of aromatic nitrogens is 2. The summed E-state index contributed by atoms with van der Waals surface area (Å²) in [7, 11) is 1.49. The normalized spacial score (nSPS) is 14.0. The largest absolute Gasteiger partial charge is 0.383 e. The predicted octanol–water partition coefficient (Wildman–Crippen LogP) is 1.78. The molecular weight excluding hydrogens is 268 g/mol. The van der Waals surface area contributed by atoms with Crippen LogP contribution in [0.5, 0.6) is 0 Å². The van der Waals surface area contributed by atoms with Crippen molar-refractivity contribution in [1.82, 2.24) is 9.13 Å². The van der Waals surface area contributed by atoms with E-state index < -0.39 is 0 Å². The summed E-state index contributed by atoms with van der Waals surface area (Å²) in [5.74, 6) is 0.806. The molecule has 1 rings (SSSR count). The third-order valence-corrected chi connectivity index (χ3v) is 3.87. The molecule has 0 bridgehead atoms. The molecule has 0 aliphatic heterocycles. The number of rotatable bonds is 7. The fourth-order valence-electron chi connectivity index (χ4n) is 2.43. The van der Waals surface area contributed by atoms with Crippen LogP contribution in [0.3, 0.4) is 0 Å². The third-order valence-electron chi connectivity index (χ3n) is 3.87. The summed E-state index contributed by atoms with van der Waals surface area (Å²) < 4.78 is 2.57. The monoisotopic (exact) mass is 296 g/mol. The van der Waals surface area contributed by atoms with E-state index >= 15 is 0 Å². The highest BCUT2D eigenvalue weighted by molar-refractivity contribution is 5.61. The van der Waals surface area contributed by atoms with E-state index in [2.05, 4.69) is 19.2 Å². The lowest BCUT2D eigenvalue weighted by Gasteiger charge is -2.21. The lowest BCUT2D eigenvalue weighted by atomic mass is 10.0. The Morgan fingerprint density at radius 2 is 1.86 bits per heavy atom. The lowest BCUT2D eigenvalue weighted by Crippen LogP contribution is -2.41. The molecule has 21 heavy (non-hydrogen) atoms. The van der Waals surface area contributed by atoms with Gasteiger partial charge in [0.2, 0.25) is 0 Å². The zero-order valence-electron chi connectivity index (χ0n) is 13.8. The first-order chi connectivity index (χ1) is 9.83. The SMILES string of the molecule is CCCn1c(N)c(NC(C)CC(C)CC)c(=O)n(C)c1=O. The van der Waals surface area contributed by atoms with Crippen LogP contribution in [0.25, 0.3) is 0 Å². The van der Waals surface area contributed by atoms with E-state index in [0.717, 1.165) is 23.8 Å². The first-order valence-corrected chi connectivity index (χ1v) is 7.69. The topological polar surface area (TPSA) is 82.0 Å². The van der Waals surface area contributed by atoms with Crippen LogP contribution in [-0.2, 0) is 13.6 Å². The Bertz CT molecular complexity index is 589. The van der Waals surface area contributed by atoms with Crippen molar-refractivity contribution in [1.29, 1.82) is 0 Å². The lowest BCUT2D eigenvalue weighted by molar-refractivity contribution is 0.482. The van der Waals surface area contributed by atoms with Crippen LogP contribution >= 0.6 is 0 Å². The molecule has 6 heteroatoms. The summed E-state index contributed by atoms with van der Waals surface area (Å²) in [5, 5.41) is 3.19. The van der Waals surface area contributed by atoms with Gasteiger partial charge in [0, 0.05) is 19.6 Å². The quantitative estimate of drug-likeness (QED) is 0.803. The molecule has 0 aromatic carbocycles. The molecule has 0 aliphatic rings. The number of nitrogen functional groups attached to an aromatic ring is 1. The summed E-state index contributed by atoms with van der Waals surface area (Å²) in [4.78, 5) is 24.3. The van der Waals surface area contributed by atoms with Gasteiger partial charge in [0.15, 0.2) is 0 Å². The zero-order valence-corrected chi connectivity index (χ0v) is 13.8. The highest BCUT2D eigenvalue weighted by Gasteiger charge is 2.17. The molecule has 0 aliphatic carbocycles. The molecule has 120 valence electrons. The molecular formula is C15H28N4O2. The van der Waals surface area contributed by atoms with Crippen molar-refractivity contribution in [2.45, 2.75) is 59.5 Å². The third kappa shape index (κ3) is 3.89. The van der Waals surface area contributed by atoms with E-state index in [9.17, 15) is 9.59 Å². The van der Waals surface area contributed by atoms with Gasteiger partial charge in [-0.1, -0.05) is 27.2 Å². The minimum absolute atomic E-state index is 0.127. The first kappa shape index (κ1) is 17.3. The fraction of sp³-hybridized carbons (Fsp3) is 0.733. The fourth-order valence-corrected chi connectivity index (χ4v) is 2.43. The molecule has 1 aromatic heterocycles. The number of hydrogen-bond acceptors (Lipinski definition) is 4. The Balaban J connectivity index is 3.18. The number of nitrogens with one attached hydrogen (secondary N) is 1. The van der Waals surface area contributed by atoms with Gasteiger partial charge in [0.05, 0.1) is 0 Å². The van der Waals surface area contributed by atoms with Crippen molar-refractivity contribution in [2.75, 3.05) is 11.1 Å². The second kappa shape index (κ2) is 7.33. The summed E-state index contributed by atoms with van der Waals surface area (Å²) >= 11 is 0. The maximum absolute atomic E-state index is 12.3. The zero-order chi connectivity index (χ0) is 16.2. The standard InChI is InChI=1S/C15H28N4O2/c1-6-8-19-13(16)12(14(20)18(5)15(19)21)17-11(4)9-10(3)7-2/h10-11,17H,6-9,16H2,1-5H3. The summed E-state index contributed by atoms with van der Waals surface area (Å²) in [6, 6.07) is 0.127. The Hall–Kier alpha value is -1.72. The molecule has 2 atom stereocenters. The Labute approximate surface area is 126 Å². The Kier molecular flexibility index (Phi) is 6.05. The van der Waals surface area contributed by atoms with Gasteiger partial charge in [-0.25, -0.2) is 4.79 Å². The van der Waals surface area contributed by atoms with E-state index in [1.165, 1.54) is 11.6 Å². The average molecular weight is 296 g/mol. The van der Waals surface area contributed by atoms with Gasteiger partial charge in [-0.3, -0.25) is 13.9 Å². The van der Waals surface area contributed by atoms with Crippen LogP contribution in [0, 0.1) is 5.92 Å². The molecule has 0 spiro atoms. The van der Waals surface area contributed by atoms with Crippen LogP contribution < -0.4 is 22.3 Å². The number of nitrogens with zero attached hydrogens (tertiary/aromatic N) is 2. The van der Waals surface area contributed by atoms with Crippen molar-refractivity contribution < 1.29 is 0 Å². The molecule has 0 saturated carbocycles. The minimum atomic E-state index is -0.362. The van der Waals surface area contributed by atoms with Crippen molar-refractivity contribution in [3.05, 3.63) is 20.8 Å². The second-order valence-electron chi connectivity index (χ2n) is 5.85. The molecule has 1 aromatic rings. The maximum atomic E-state index is 12.3. The summed E-state index contributed by atoms with van der Waals surface area (Å²) in [6.45, 7) is 8.83. The second-order valence-corrected chi connectivity index (χ2v) is 5.85. The van der Waals surface area contributed by atoms with Crippen LogP contribution in [0.1, 0.15) is 47.0 Å². The Morgan fingerprint density at radius 3 is 2.38 bits per heavy atom. The maximum Gasteiger partial charge on any atom is 0.332 e. The van der Waals surface area contributed by atoms with Crippen molar-refractivity contribution in [2.24, 2.45) is 13.0 Å².